The predicted octanol–water partition coefficient (Wildman–Crippen LogP) is 4.58. The first kappa shape index (κ1) is 14.2. The summed E-state index contributed by atoms with van der Waals surface area (Å²) in [6.45, 7) is 6.01. The van der Waals surface area contributed by atoms with Gasteiger partial charge in [0.15, 0.2) is 0 Å². The lowest BCUT2D eigenvalue weighted by Crippen LogP contribution is -2.00. The fourth-order valence-corrected chi connectivity index (χ4v) is 1.83. The molecule has 0 saturated carbocycles. The molecular formula is C14H17ClNP. The largest absolute Gasteiger partial charge is 0.258 e. The lowest BCUT2D eigenvalue weighted by molar-refractivity contribution is 1.27. The summed E-state index contributed by atoms with van der Waals surface area (Å²) in [5.41, 5.74) is 3.28. The average Bonchev–Trinajstić information content (AvgIpc) is 2.28. The van der Waals surface area contributed by atoms with E-state index < -0.39 is 0 Å². The normalized spacial score (nSPS) is 12.7. The third kappa shape index (κ3) is 4.85. The zero-order chi connectivity index (χ0) is 12.8. The lowest BCUT2D eigenvalue weighted by Gasteiger charge is -2.04. The highest BCUT2D eigenvalue weighted by Gasteiger charge is 1.99. The van der Waals surface area contributed by atoms with Crippen LogP contribution in [0.1, 0.15) is 26.3 Å². The molecule has 90 valence electrons. The molecule has 1 aromatic rings. The summed E-state index contributed by atoms with van der Waals surface area (Å²) in [5.74, 6) is 0. The molecule has 0 radical (unpaired) electrons. The van der Waals surface area contributed by atoms with Crippen LogP contribution in [0.25, 0.3) is 0 Å². The lowest BCUT2D eigenvalue weighted by atomic mass is 10.1. The Kier molecular flexibility index (Phi) is 5.61. The molecule has 1 nitrogen and oxygen atoms in total. The minimum absolute atomic E-state index is 0.766. The van der Waals surface area contributed by atoms with Gasteiger partial charge in [-0.05, 0) is 43.8 Å². The van der Waals surface area contributed by atoms with Crippen LogP contribution in [0.15, 0.2) is 41.0 Å². The minimum Gasteiger partial charge on any atom is -0.258 e. The zero-order valence-electron chi connectivity index (χ0n) is 10.4. The molecule has 0 atom stereocenters. The molecular weight excluding hydrogens is 249 g/mol. The summed E-state index contributed by atoms with van der Waals surface area (Å²) < 4.78 is 0. The molecule has 1 rings (SSSR count). The number of allylic oxidation sites excluding steroid dienone is 2. The van der Waals surface area contributed by atoms with E-state index in [2.05, 4.69) is 13.9 Å². The SMILES string of the molecule is C/C=C(\N=C(C)Cc1ccc(Cl)cc1)C(C)=P. The fraction of sp³-hybridized carbons (Fsp3) is 0.286. The van der Waals surface area contributed by atoms with Crippen molar-refractivity contribution in [3.8, 4) is 0 Å². The Bertz CT molecular complexity index is 458. The van der Waals surface area contributed by atoms with E-state index in [0.717, 1.165) is 28.1 Å². The maximum atomic E-state index is 5.85. The maximum absolute atomic E-state index is 5.85. The molecule has 1 aromatic carbocycles. The number of hydrogen-bond acceptors (Lipinski definition) is 1. The molecule has 0 aliphatic carbocycles. The van der Waals surface area contributed by atoms with E-state index in [1.807, 2.05) is 51.1 Å². The highest BCUT2D eigenvalue weighted by molar-refractivity contribution is 7.22. The van der Waals surface area contributed by atoms with Crippen LogP contribution in [0, 0.1) is 0 Å². The second kappa shape index (κ2) is 6.74. The fourth-order valence-electron chi connectivity index (χ4n) is 1.51. The van der Waals surface area contributed by atoms with E-state index >= 15 is 0 Å². The third-order valence-electron chi connectivity index (χ3n) is 2.34. The third-order valence-corrected chi connectivity index (χ3v) is 2.85. The van der Waals surface area contributed by atoms with Crippen LogP contribution in [-0.2, 0) is 6.42 Å². The minimum atomic E-state index is 0.766. The monoisotopic (exact) mass is 265 g/mol. The van der Waals surface area contributed by atoms with Gasteiger partial charge in [0, 0.05) is 17.2 Å². The number of aliphatic imine (C=N–C) groups is 1. The van der Waals surface area contributed by atoms with E-state index in [1.54, 1.807) is 0 Å². The van der Waals surface area contributed by atoms with E-state index in [9.17, 15) is 0 Å². The van der Waals surface area contributed by atoms with Crippen molar-refractivity contribution in [3.63, 3.8) is 0 Å². The summed E-state index contributed by atoms with van der Waals surface area (Å²) in [4.78, 5) is 4.57. The predicted molar refractivity (Wildman–Crippen MR) is 81.0 cm³/mol. The summed E-state index contributed by atoms with van der Waals surface area (Å²) in [6.07, 6.45) is 2.84. The summed E-state index contributed by atoms with van der Waals surface area (Å²) in [5, 5.41) is 1.81. The van der Waals surface area contributed by atoms with Crippen molar-refractivity contribution in [2.24, 2.45) is 4.99 Å². The van der Waals surface area contributed by atoms with Crippen LogP contribution in [0.4, 0.5) is 0 Å². The van der Waals surface area contributed by atoms with Crippen LogP contribution in [0.2, 0.25) is 5.02 Å². The van der Waals surface area contributed by atoms with Crippen molar-refractivity contribution in [2.75, 3.05) is 0 Å². The molecule has 0 fully saturated rings. The van der Waals surface area contributed by atoms with Crippen molar-refractivity contribution < 1.29 is 0 Å². The van der Waals surface area contributed by atoms with Crippen molar-refractivity contribution in [1.29, 1.82) is 0 Å². The molecule has 0 heterocycles. The standard InChI is InChI=1S/C14H17ClNP/c1-4-14(11(3)17)16-10(2)9-12-5-7-13(15)8-6-12/h4-8,17H,9H2,1-3H3/b14-4-,16-10?. The van der Waals surface area contributed by atoms with E-state index in [-0.39, 0.29) is 0 Å². The van der Waals surface area contributed by atoms with Gasteiger partial charge in [-0.25, -0.2) is 0 Å². The van der Waals surface area contributed by atoms with Crippen molar-refractivity contribution in [2.45, 2.75) is 27.2 Å². The molecule has 0 saturated heterocycles. The Morgan fingerprint density at radius 2 is 1.88 bits per heavy atom. The highest BCUT2D eigenvalue weighted by atomic mass is 35.5. The first-order valence-electron chi connectivity index (χ1n) is 5.53. The van der Waals surface area contributed by atoms with Gasteiger partial charge >= 0.3 is 0 Å². The Balaban J connectivity index is 2.78. The second-order valence-electron chi connectivity index (χ2n) is 3.95. The molecule has 0 N–H and O–H groups in total. The number of halogens is 1. The van der Waals surface area contributed by atoms with E-state index in [4.69, 9.17) is 11.6 Å². The van der Waals surface area contributed by atoms with Gasteiger partial charge in [0.25, 0.3) is 0 Å². The Labute approximate surface area is 110 Å². The van der Waals surface area contributed by atoms with E-state index in [0.29, 0.717) is 0 Å². The van der Waals surface area contributed by atoms with Crippen LogP contribution in [0.5, 0.6) is 0 Å². The molecule has 0 spiro atoms. The van der Waals surface area contributed by atoms with Crippen molar-refractivity contribution in [3.05, 3.63) is 46.6 Å². The molecule has 0 amide bonds. The topological polar surface area (TPSA) is 12.4 Å². The van der Waals surface area contributed by atoms with Gasteiger partial charge in [-0.2, -0.15) is 0 Å². The van der Waals surface area contributed by atoms with Crippen LogP contribution in [0.3, 0.4) is 0 Å². The first-order valence-corrected chi connectivity index (χ1v) is 6.41. The smallest absolute Gasteiger partial charge is 0.0655 e. The van der Waals surface area contributed by atoms with Gasteiger partial charge in [0.2, 0.25) is 0 Å². The van der Waals surface area contributed by atoms with Gasteiger partial charge in [-0.15, -0.1) is 8.86 Å². The quantitative estimate of drug-likeness (QED) is 0.558. The Morgan fingerprint density at radius 1 is 1.29 bits per heavy atom. The first-order chi connectivity index (χ1) is 8.02. The van der Waals surface area contributed by atoms with Crippen molar-refractivity contribution >= 4 is 31.5 Å². The Hall–Kier alpha value is -0.910. The molecule has 0 bridgehead atoms. The van der Waals surface area contributed by atoms with Crippen LogP contribution >= 0.6 is 20.5 Å². The number of nitrogens with zero attached hydrogens (tertiary/aromatic N) is 1. The highest BCUT2D eigenvalue weighted by Crippen LogP contribution is 2.11. The van der Waals surface area contributed by atoms with Crippen LogP contribution < -0.4 is 0 Å². The number of rotatable bonds is 4. The molecule has 0 unspecified atom stereocenters. The molecule has 0 aliphatic rings. The van der Waals surface area contributed by atoms with E-state index in [1.165, 1.54) is 5.56 Å². The Morgan fingerprint density at radius 3 is 2.35 bits per heavy atom. The van der Waals surface area contributed by atoms with Gasteiger partial charge in [0.1, 0.15) is 0 Å². The number of hydrogen-bond donors (Lipinski definition) is 0. The summed E-state index contributed by atoms with van der Waals surface area (Å²) in [6, 6.07) is 7.87. The van der Waals surface area contributed by atoms with Crippen molar-refractivity contribution in [1.82, 2.24) is 0 Å². The maximum Gasteiger partial charge on any atom is 0.0655 e. The average molecular weight is 266 g/mol. The second-order valence-corrected chi connectivity index (χ2v) is 5.14. The molecule has 0 aliphatic heterocycles. The zero-order valence-corrected chi connectivity index (χ0v) is 12.2. The summed E-state index contributed by atoms with van der Waals surface area (Å²) >= 11 is 5.85. The number of benzene rings is 1. The van der Waals surface area contributed by atoms with Gasteiger partial charge < -0.3 is 0 Å². The molecule has 3 heteroatoms. The summed E-state index contributed by atoms with van der Waals surface area (Å²) in [7, 11) is 3.50. The van der Waals surface area contributed by atoms with Gasteiger partial charge in [-0.1, -0.05) is 29.8 Å². The molecule has 0 aromatic heterocycles. The molecule has 17 heavy (non-hydrogen) atoms. The van der Waals surface area contributed by atoms with Crippen LogP contribution in [-0.4, -0.2) is 11.0 Å². The van der Waals surface area contributed by atoms with Gasteiger partial charge in [-0.3, -0.25) is 4.99 Å². The van der Waals surface area contributed by atoms with Gasteiger partial charge in [0.05, 0.1) is 5.70 Å².